The van der Waals surface area contributed by atoms with Gasteiger partial charge in [0.1, 0.15) is 0 Å². The Labute approximate surface area is 89.7 Å². The number of hydrogen-bond donors (Lipinski definition) is 1. The van der Waals surface area contributed by atoms with Crippen LogP contribution < -0.4 is 0 Å². The number of nitrogens with zero attached hydrogens (tertiary/aromatic N) is 2. The largest absolute Gasteiger partial charge is 0.397 e. The molecule has 0 aliphatic carbocycles. The lowest BCUT2D eigenvalue weighted by Gasteiger charge is -2.04. The van der Waals surface area contributed by atoms with E-state index >= 15 is 0 Å². The predicted octanol–water partition coefficient (Wildman–Crippen LogP) is 2.03. The van der Waals surface area contributed by atoms with Crippen molar-refractivity contribution in [3.8, 4) is 0 Å². The summed E-state index contributed by atoms with van der Waals surface area (Å²) in [6.07, 6.45) is 0. The lowest BCUT2D eigenvalue weighted by Crippen LogP contribution is -2.06. The zero-order chi connectivity index (χ0) is 11.0. The Morgan fingerprint density at radius 1 is 1.57 bits per heavy atom. The molecule has 1 rings (SSSR count). The van der Waals surface area contributed by atoms with Crippen LogP contribution >= 0.6 is 11.3 Å². The number of aliphatic hydroxyl groups is 1. The van der Waals surface area contributed by atoms with Crippen LogP contribution in [0.2, 0.25) is 0 Å². The van der Waals surface area contributed by atoms with Gasteiger partial charge in [-0.3, -0.25) is 0 Å². The smallest absolute Gasteiger partial charge is 0.0745 e. The van der Waals surface area contributed by atoms with E-state index in [0.717, 1.165) is 5.71 Å². The number of hydrogen-bond acceptors (Lipinski definition) is 4. The van der Waals surface area contributed by atoms with Gasteiger partial charge < -0.3 is 10.1 Å². The van der Waals surface area contributed by atoms with E-state index in [9.17, 15) is 0 Å². The van der Waals surface area contributed by atoms with Crippen LogP contribution in [0.3, 0.4) is 0 Å². The van der Waals surface area contributed by atoms with Gasteiger partial charge in [0.25, 0.3) is 0 Å². The molecule has 0 bridgehead atoms. The number of aliphatic hydroxyl groups excluding tert-OH is 1. The highest BCUT2D eigenvalue weighted by molar-refractivity contribution is 7.12. The Morgan fingerprint density at radius 2 is 2.14 bits per heavy atom. The molecule has 0 saturated heterocycles. The minimum Gasteiger partial charge on any atom is -0.397 e. The van der Waals surface area contributed by atoms with E-state index in [-0.39, 0.29) is 6.61 Å². The fourth-order valence-electron chi connectivity index (χ4n) is 0.834. The fraction of sp³-hybridized carbons (Fsp3) is 0.500. The zero-order valence-electron chi connectivity index (χ0n) is 9.19. The highest BCUT2D eigenvalue weighted by Gasteiger charge is 1.96. The van der Waals surface area contributed by atoms with E-state index in [0.29, 0.717) is 0 Å². The van der Waals surface area contributed by atoms with Crippen LogP contribution in [0.15, 0.2) is 22.6 Å². The van der Waals surface area contributed by atoms with E-state index in [1.54, 1.807) is 18.3 Å². The molecule has 4 heteroatoms. The highest BCUT2D eigenvalue weighted by atomic mass is 32.1. The Balaban J connectivity index is 0.000000500. The minimum atomic E-state index is 0.250. The van der Waals surface area contributed by atoms with Crippen molar-refractivity contribution in [2.75, 3.05) is 20.7 Å². The predicted molar refractivity (Wildman–Crippen MR) is 63.0 cm³/mol. The molecule has 1 aromatic heterocycles. The van der Waals surface area contributed by atoms with Gasteiger partial charge in [-0.15, -0.1) is 11.3 Å². The summed E-state index contributed by atoms with van der Waals surface area (Å²) in [5, 5.41) is 15.7. The molecule has 0 radical (unpaired) electrons. The van der Waals surface area contributed by atoms with Gasteiger partial charge in [-0.2, -0.15) is 5.10 Å². The van der Waals surface area contributed by atoms with Gasteiger partial charge in [0, 0.05) is 25.6 Å². The maximum atomic E-state index is 7.57. The summed E-state index contributed by atoms with van der Waals surface area (Å²) in [5.74, 6) is 0. The van der Waals surface area contributed by atoms with Crippen molar-refractivity contribution in [2.24, 2.45) is 5.10 Å². The third kappa shape index (κ3) is 5.72. The molecular formula is C10H18N2OS. The molecule has 1 heterocycles. The van der Waals surface area contributed by atoms with E-state index in [1.807, 2.05) is 32.1 Å². The fourth-order valence-corrected chi connectivity index (χ4v) is 1.51. The highest BCUT2D eigenvalue weighted by Crippen LogP contribution is 2.09. The molecule has 1 aromatic rings. The number of hydrazone groups is 1. The lowest BCUT2D eigenvalue weighted by molar-refractivity contribution is 0.318. The van der Waals surface area contributed by atoms with Gasteiger partial charge >= 0.3 is 0 Å². The summed E-state index contributed by atoms with van der Waals surface area (Å²) in [6.45, 7) is 3.95. The molecule has 0 unspecified atom stereocenters. The molecule has 0 aliphatic rings. The normalized spacial score (nSPS) is 10.5. The molecule has 0 amide bonds. The summed E-state index contributed by atoms with van der Waals surface area (Å²) in [7, 11) is 3.86. The quantitative estimate of drug-likeness (QED) is 0.604. The second-order valence-electron chi connectivity index (χ2n) is 2.83. The second kappa shape index (κ2) is 7.53. The first kappa shape index (κ1) is 13.1. The van der Waals surface area contributed by atoms with Crippen LogP contribution in [0.25, 0.3) is 0 Å². The first-order valence-electron chi connectivity index (χ1n) is 4.49. The average molecular weight is 214 g/mol. The van der Waals surface area contributed by atoms with E-state index < -0.39 is 0 Å². The monoisotopic (exact) mass is 214 g/mol. The molecule has 0 fully saturated rings. The lowest BCUT2D eigenvalue weighted by atomic mass is 10.3. The Morgan fingerprint density at radius 3 is 2.50 bits per heavy atom. The van der Waals surface area contributed by atoms with Crippen LogP contribution in [0.5, 0.6) is 0 Å². The number of rotatable bonds is 2. The third-order valence-electron chi connectivity index (χ3n) is 1.23. The van der Waals surface area contributed by atoms with Crippen molar-refractivity contribution in [2.45, 2.75) is 13.8 Å². The summed E-state index contributed by atoms with van der Waals surface area (Å²) in [5.41, 5.74) is 1.07. The molecule has 0 aromatic carbocycles. The minimum absolute atomic E-state index is 0.250. The molecule has 3 nitrogen and oxygen atoms in total. The van der Waals surface area contributed by atoms with Gasteiger partial charge in [0.2, 0.25) is 0 Å². The molecule has 1 N–H and O–H groups in total. The molecule has 14 heavy (non-hydrogen) atoms. The van der Waals surface area contributed by atoms with Gasteiger partial charge in [-0.25, -0.2) is 0 Å². The maximum Gasteiger partial charge on any atom is 0.0745 e. The SMILES string of the molecule is CC(=NN(C)C)c1cccs1.CCO. The summed E-state index contributed by atoms with van der Waals surface area (Å²) >= 11 is 1.72. The first-order valence-corrected chi connectivity index (χ1v) is 5.37. The van der Waals surface area contributed by atoms with Crippen molar-refractivity contribution in [3.05, 3.63) is 22.4 Å². The molecule has 0 spiro atoms. The van der Waals surface area contributed by atoms with Crippen molar-refractivity contribution >= 4 is 17.0 Å². The second-order valence-corrected chi connectivity index (χ2v) is 3.77. The van der Waals surface area contributed by atoms with E-state index in [4.69, 9.17) is 5.11 Å². The van der Waals surface area contributed by atoms with E-state index in [2.05, 4.69) is 16.5 Å². The topological polar surface area (TPSA) is 35.8 Å². The Hall–Kier alpha value is -0.870. The van der Waals surface area contributed by atoms with Crippen LogP contribution in [0, 0.1) is 0 Å². The summed E-state index contributed by atoms with van der Waals surface area (Å²) < 4.78 is 0. The molecular weight excluding hydrogens is 196 g/mol. The van der Waals surface area contributed by atoms with Gasteiger partial charge in [-0.1, -0.05) is 6.07 Å². The Bertz CT molecular complexity index is 255. The zero-order valence-corrected chi connectivity index (χ0v) is 10.0. The average Bonchev–Trinajstić information content (AvgIpc) is 2.55. The van der Waals surface area contributed by atoms with Gasteiger partial charge in [-0.05, 0) is 25.3 Å². The number of thiophene rings is 1. The standard InChI is InChI=1S/C8H12N2S.C2H6O/c1-7(9-10(2)3)8-5-4-6-11-8;1-2-3/h4-6H,1-3H3;3H,2H2,1H3. The third-order valence-corrected chi connectivity index (χ3v) is 2.21. The molecule has 0 saturated carbocycles. The first-order chi connectivity index (χ1) is 6.61. The van der Waals surface area contributed by atoms with Crippen LogP contribution in [-0.2, 0) is 0 Å². The molecule has 80 valence electrons. The summed E-state index contributed by atoms with van der Waals surface area (Å²) in [4.78, 5) is 1.23. The molecule has 0 atom stereocenters. The van der Waals surface area contributed by atoms with Gasteiger partial charge in [0.05, 0.1) is 5.71 Å². The van der Waals surface area contributed by atoms with Crippen LogP contribution in [-0.4, -0.2) is 36.5 Å². The van der Waals surface area contributed by atoms with Crippen molar-refractivity contribution in [3.63, 3.8) is 0 Å². The maximum absolute atomic E-state index is 7.57. The van der Waals surface area contributed by atoms with Crippen molar-refractivity contribution in [1.82, 2.24) is 5.01 Å². The van der Waals surface area contributed by atoms with Crippen LogP contribution in [0.4, 0.5) is 0 Å². The van der Waals surface area contributed by atoms with E-state index in [1.165, 1.54) is 4.88 Å². The van der Waals surface area contributed by atoms with Gasteiger partial charge in [0.15, 0.2) is 0 Å². The molecule has 0 aliphatic heterocycles. The van der Waals surface area contributed by atoms with Crippen molar-refractivity contribution in [1.29, 1.82) is 0 Å². The van der Waals surface area contributed by atoms with Crippen LogP contribution in [0.1, 0.15) is 18.7 Å². The Kier molecular flexibility index (Phi) is 7.06. The summed E-state index contributed by atoms with van der Waals surface area (Å²) in [6, 6.07) is 4.11. The van der Waals surface area contributed by atoms with Crippen molar-refractivity contribution < 1.29 is 5.11 Å².